The van der Waals surface area contributed by atoms with Gasteiger partial charge < -0.3 is 5.32 Å². The summed E-state index contributed by atoms with van der Waals surface area (Å²) in [6.07, 6.45) is 8.33. The maximum atomic E-state index is 12.3. The van der Waals surface area contributed by atoms with Gasteiger partial charge in [-0.15, -0.1) is 0 Å². The van der Waals surface area contributed by atoms with Gasteiger partial charge in [-0.1, -0.05) is 38.2 Å². The fourth-order valence-electron chi connectivity index (χ4n) is 2.67. The van der Waals surface area contributed by atoms with Gasteiger partial charge in [0.05, 0.1) is 5.69 Å². The summed E-state index contributed by atoms with van der Waals surface area (Å²) in [5.41, 5.74) is 2.08. The van der Waals surface area contributed by atoms with Gasteiger partial charge >= 0.3 is 0 Å². The Kier molecular flexibility index (Phi) is 5.44. The lowest BCUT2D eigenvalue weighted by Gasteiger charge is -2.19. The van der Waals surface area contributed by atoms with E-state index >= 15 is 0 Å². The average Bonchev–Trinajstić information content (AvgIpc) is 2.32. The molecule has 0 saturated heterocycles. The molecule has 2 nitrogen and oxygen atoms in total. The smallest absolute Gasteiger partial charge is 0.227 e. The van der Waals surface area contributed by atoms with Crippen molar-refractivity contribution in [2.24, 2.45) is 5.92 Å². The third-order valence-corrected chi connectivity index (χ3v) is 4.51. The molecule has 19 heavy (non-hydrogen) atoms. The topological polar surface area (TPSA) is 29.1 Å². The van der Waals surface area contributed by atoms with Gasteiger partial charge in [-0.25, -0.2) is 0 Å². The Bertz CT molecular complexity index is 436. The zero-order valence-corrected chi connectivity index (χ0v) is 13.1. The molecule has 1 amide bonds. The normalized spacial score (nSPS) is 17.6. The molecule has 1 N–H and O–H groups in total. The van der Waals surface area contributed by atoms with Crippen LogP contribution in [0.1, 0.15) is 50.5 Å². The van der Waals surface area contributed by atoms with E-state index in [0.717, 1.165) is 23.0 Å². The van der Waals surface area contributed by atoms with Crippen molar-refractivity contribution in [1.29, 1.82) is 0 Å². The highest BCUT2D eigenvalue weighted by molar-refractivity contribution is 9.10. The van der Waals surface area contributed by atoms with Crippen LogP contribution >= 0.6 is 15.9 Å². The zero-order chi connectivity index (χ0) is 13.7. The molecule has 0 radical (unpaired) electrons. The summed E-state index contributed by atoms with van der Waals surface area (Å²) in [5, 5.41) is 3.07. The van der Waals surface area contributed by atoms with Crippen LogP contribution in [-0.2, 0) is 4.79 Å². The third kappa shape index (κ3) is 4.34. The predicted molar refractivity (Wildman–Crippen MR) is 83.3 cm³/mol. The molecule has 1 aromatic rings. The molecule has 1 saturated carbocycles. The number of halogens is 1. The Morgan fingerprint density at radius 2 is 1.79 bits per heavy atom. The molecule has 2 rings (SSSR count). The number of carbonyl (C=O) groups is 1. The zero-order valence-electron chi connectivity index (χ0n) is 11.5. The van der Waals surface area contributed by atoms with E-state index in [0.29, 0.717) is 0 Å². The van der Waals surface area contributed by atoms with Gasteiger partial charge in [0.1, 0.15) is 0 Å². The van der Waals surface area contributed by atoms with E-state index in [1.54, 1.807) is 0 Å². The fourth-order valence-corrected chi connectivity index (χ4v) is 3.27. The Morgan fingerprint density at radius 1 is 1.16 bits per heavy atom. The molecule has 1 aromatic carbocycles. The number of carbonyl (C=O) groups excluding carboxylic acids is 1. The Morgan fingerprint density at radius 3 is 2.42 bits per heavy atom. The van der Waals surface area contributed by atoms with Crippen LogP contribution in [-0.4, -0.2) is 5.91 Å². The van der Waals surface area contributed by atoms with E-state index in [1.807, 2.05) is 25.1 Å². The van der Waals surface area contributed by atoms with E-state index in [2.05, 4.69) is 21.2 Å². The molecular weight excluding hydrogens is 302 g/mol. The van der Waals surface area contributed by atoms with Gasteiger partial charge in [0.25, 0.3) is 0 Å². The van der Waals surface area contributed by atoms with Crippen LogP contribution in [0, 0.1) is 12.8 Å². The number of benzene rings is 1. The first-order valence-electron chi connectivity index (χ1n) is 7.24. The lowest BCUT2D eigenvalue weighted by molar-refractivity contribution is -0.120. The summed E-state index contributed by atoms with van der Waals surface area (Å²) in [6.45, 7) is 2.05. The summed E-state index contributed by atoms with van der Waals surface area (Å²) in [6, 6.07) is 6.03. The van der Waals surface area contributed by atoms with Crippen LogP contribution in [0.25, 0.3) is 0 Å². The predicted octanol–water partition coefficient (Wildman–Crippen LogP) is 5.06. The second-order valence-electron chi connectivity index (χ2n) is 5.51. The first kappa shape index (κ1) is 14.6. The molecule has 0 aliphatic heterocycles. The quantitative estimate of drug-likeness (QED) is 0.810. The van der Waals surface area contributed by atoms with Gasteiger partial charge in [-0.05, 0) is 53.4 Å². The summed E-state index contributed by atoms with van der Waals surface area (Å²) in [5.74, 6) is 0.375. The minimum absolute atomic E-state index is 0.187. The molecule has 0 aromatic heterocycles. The number of hydrogen-bond donors (Lipinski definition) is 1. The summed E-state index contributed by atoms with van der Waals surface area (Å²) < 4.78 is 0.965. The van der Waals surface area contributed by atoms with Crippen molar-refractivity contribution in [1.82, 2.24) is 0 Å². The Hall–Kier alpha value is -0.830. The molecule has 104 valence electrons. The molecule has 1 aliphatic rings. The minimum Gasteiger partial charge on any atom is -0.325 e. The highest BCUT2D eigenvalue weighted by Crippen LogP contribution is 2.27. The molecular formula is C16H22BrNO. The Labute approximate surface area is 124 Å². The van der Waals surface area contributed by atoms with Crippen molar-refractivity contribution >= 4 is 27.5 Å². The summed E-state index contributed by atoms with van der Waals surface area (Å²) >= 11 is 3.51. The molecule has 0 heterocycles. The minimum atomic E-state index is 0.187. The molecule has 0 spiro atoms. The van der Waals surface area contributed by atoms with Crippen molar-refractivity contribution < 1.29 is 4.79 Å². The van der Waals surface area contributed by atoms with Crippen LogP contribution in [0.3, 0.4) is 0 Å². The van der Waals surface area contributed by atoms with Gasteiger partial charge in [0.2, 0.25) is 5.91 Å². The van der Waals surface area contributed by atoms with Crippen molar-refractivity contribution in [3.05, 3.63) is 28.2 Å². The maximum Gasteiger partial charge on any atom is 0.227 e. The van der Waals surface area contributed by atoms with Crippen LogP contribution in [0.2, 0.25) is 0 Å². The number of aryl methyl sites for hydroxylation is 1. The molecule has 0 bridgehead atoms. The first-order chi connectivity index (χ1) is 9.16. The largest absolute Gasteiger partial charge is 0.325 e. The monoisotopic (exact) mass is 323 g/mol. The summed E-state index contributed by atoms with van der Waals surface area (Å²) in [7, 11) is 0. The molecule has 3 heteroatoms. The Balaban J connectivity index is 1.98. The van der Waals surface area contributed by atoms with Crippen molar-refractivity contribution in [2.75, 3.05) is 5.32 Å². The van der Waals surface area contributed by atoms with Gasteiger partial charge in [0.15, 0.2) is 0 Å². The van der Waals surface area contributed by atoms with Crippen molar-refractivity contribution in [3.8, 4) is 0 Å². The van der Waals surface area contributed by atoms with E-state index in [1.165, 1.54) is 37.7 Å². The van der Waals surface area contributed by atoms with E-state index in [-0.39, 0.29) is 11.8 Å². The first-order valence-corrected chi connectivity index (χ1v) is 8.03. The molecule has 1 aliphatic carbocycles. The molecule has 1 fully saturated rings. The van der Waals surface area contributed by atoms with E-state index in [4.69, 9.17) is 0 Å². The van der Waals surface area contributed by atoms with Gasteiger partial charge in [0, 0.05) is 10.4 Å². The number of anilines is 1. The lowest BCUT2D eigenvalue weighted by Crippen LogP contribution is -2.23. The maximum absolute atomic E-state index is 12.3. The number of hydrogen-bond acceptors (Lipinski definition) is 1. The number of amides is 1. The third-order valence-electron chi connectivity index (χ3n) is 3.86. The number of nitrogens with one attached hydrogen (secondary N) is 1. The molecule has 0 atom stereocenters. The van der Waals surface area contributed by atoms with Gasteiger partial charge in [-0.3, -0.25) is 4.79 Å². The molecule has 0 unspecified atom stereocenters. The van der Waals surface area contributed by atoms with Crippen LogP contribution in [0.5, 0.6) is 0 Å². The highest BCUT2D eigenvalue weighted by atomic mass is 79.9. The second-order valence-corrected chi connectivity index (χ2v) is 6.37. The highest BCUT2D eigenvalue weighted by Gasteiger charge is 2.19. The van der Waals surface area contributed by atoms with Crippen LogP contribution in [0.4, 0.5) is 5.69 Å². The SMILES string of the molecule is Cc1ccc(NC(=O)C2CCCCCCC2)c(Br)c1. The van der Waals surface area contributed by atoms with Crippen molar-refractivity contribution in [2.45, 2.75) is 51.9 Å². The summed E-state index contributed by atoms with van der Waals surface area (Å²) in [4.78, 5) is 12.3. The second kappa shape index (κ2) is 7.09. The van der Waals surface area contributed by atoms with Crippen molar-refractivity contribution in [3.63, 3.8) is 0 Å². The fraction of sp³-hybridized carbons (Fsp3) is 0.562. The average molecular weight is 324 g/mol. The van der Waals surface area contributed by atoms with E-state index in [9.17, 15) is 4.79 Å². The lowest BCUT2D eigenvalue weighted by atomic mass is 9.90. The number of rotatable bonds is 2. The van der Waals surface area contributed by atoms with Crippen LogP contribution < -0.4 is 5.32 Å². The standard InChI is InChI=1S/C16H22BrNO/c1-12-9-10-15(14(17)11-12)18-16(19)13-7-5-3-2-4-6-8-13/h9-11,13H,2-8H2,1H3,(H,18,19). The van der Waals surface area contributed by atoms with Crippen LogP contribution in [0.15, 0.2) is 22.7 Å². The van der Waals surface area contributed by atoms with E-state index < -0.39 is 0 Å². The van der Waals surface area contributed by atoms with Gasteiger partial charge in [-0.2, -0.15) is 0 Å².